The highest BCUT2D eigenvalue weighted by atomic mass is 16.5. The highest BCUT2D eigenvalue weighted by molar-refractivity contribution is 5.98. The van der Waals surface area contributed by atoms with Gasteiger partial charge < -0.3 is 24.7 Å². The maximum Gasteiger partial charge on any atom is 0.252 e. The van der Waals surface area contributed by atoms with Crippen molar-refractivity contribution in [1.82, 2.24) is 15.5 Å². The van der Waals surface area contributed by atoms with E-state index in [1.165, 1.54) is 7.11 Å². The predicted octanol–water partition coefficient (Wildman–Crippen LogP) is 2.35. The number of hydrogen-bond donors (Lipinski definition) is 2. The van der Waals surface area contributed by atoms with Gasteiger partial charge in [-0.1, -0.05) is 13.0 Å². The molecule has 2 heterocycles. The smallest absolute Gasteiger partial charge is 0.252 e. The summed E-state index contributed by atoms with van der Waals surface area (Å²) in [6.45, 7) is 3.24. The van der Waals surface area contributed by atoms with Gasteiger partial charge in [-0.15, -0.1) is 0 Å². The van der Waals surface area contributed by atoms with Crippen molar-refractivity contribution >= 4 is 17.7 Å². The summed E-state index contributed by atoms with van der Waals surface area (Å²) >= 11 is 0. The third kappa shape index (κ3) is 5.87. The van der Waals surface area contributed by atoms with E-state index < -0.39 is 6.04 Å². The Labute approximate surface area is 181 Å². The van der Waals surface area contributed by atoms with E-state index in [1.54, 1.807) is 42.7 Å². The number of methoxy groups -OCH3 is 1. The third-order valence-electron chi connectivity index (χ3n) is 5.58. The molecule has 0 bridgehead atoms. The van der Waals surface area contributed by atoms with Gasteiger partial charge in [-0.2, -0.15) is 0 Å². The summed E-state index contributed by atoms with van der Waals surface area (Å²) in [4.78, 5) is 39.7. The van der Waals surface area contributed by atoms with Crippen LogP contribution in [-0.2, 0) is 16.1 Å². The molecular formula is C23H29N3O5. The Morgan fingerprint density at radius 1 is 1.19 bits per heavy atom. The van der Waals surface area contributed by atoms with Crippen LogP contribution < -0.4 is 15.4 Å². The van der Waals surface area contributed by atoms with Crippen LogP contribution >= 0.6 is 0 Å². The molecule has 0 spiro atoms. The van der Waals surface area contributed by atoms with Crippen LogP contribution in [0.5, 0.6) is 5.75 Å². The molecule has 1 aromatic heterocycles. The fraction of sp³-hybridized carbons (Fsp3) is 0.435. The number of carbonyl (C=O) groups excluding carboxylic acids is 3. The molecule has 1 aliphatic rings. The number of piperidine rings is 1. The standard InChI is InChI=1S/C23H29N3O5/c1-3-20(27)26-11-9-16(10-12-26)21(23(29)24-15-19-8-5-13-31-19)25-22(28)17-6-4-7-18(14-17)30-2/h4-8,13-14,16,21H,3,9-12,15H2,1-2H3,(H,24,29)(H,25,28)/t21-/m0/s1. The zero-order valence-electron chi connectivity index (χ0n) is 17.9. The Morgan fingerprint density at radius 3 is 2.61 bits per heavy atom. The molecule has 3 rings (SSSR count). The first kappa shape index (κ1) is 22.4. The topological polar surface area (TPSA) is 101 Å². The molecule has 0 radical (unpaired) electrons. The molecule has 0 unspecified atom stereocenters. The van der Waals surface area contributed by atoms with Gasteiger partial charge in [-0.05, 0) is 49.1 Å². The van der Waals surface area contributed by atoms with Crippen LogP contribution in [0, 0.1) is 5.92 Å². The van der Waals surface area contributed by atoms with Gasteiger partial charge >= 0.3 is 0 Å². The van der Waals surface area contributed by atoms with Crippen LogP contribution in [0.4, 0.5) is 0 Å². The van der Waals surface area contributed by atoms with E-state index in [0.29, 0.717) is 49.4 Å². The second kappa shape index (κ2) is 10.7. The number of nitrogens with zero attached hydrogens (tertiary/aromatic N) is 1. The second-order valence-electron chi connectivity index (χ2n) is 7.55. The summed E-state index contributed by atoms with van der Waals surface area (Å²) in [5, 5.41) is 5.76. The summed E-state index contributed by atoms with van der Waals surface area (Å²) in [7, 11) is 1.53. The molecule has 1 fully saturated rings. The number of rotatable bonds is 8. The van der Waals surface area contributed by atoms with E-state index in [2.05, 4.69) is 10.6 Å². The summed E-state index contributed by atoms with van der Waals surface area (Å²) in [6, 6.07) is 9.61. The van der Waals surface area contributed by atoms with Crippen molar-refractivity contribution in [2.24, 2.45) is 5.92 Å². The Kier molecular flexibility index (Phi) is 7.70. The van der Waals surface area contributed by atoms with Crippen LogP contribution in [0.1, 0.15) is 42.3 Å². The number of likely N-dealkylation sites (tertiary alicyclic amines) is 1. The zero-order chi connectivity index (χ0) is 22.2. The van der Waals surface area contributed by atoms with Gasteiger partial charge in [0.15, 0.2) is 0 Å². The lowest BCUT2D eigenvalue weighted by molar-refractivity contribution is -0.132. The van der Waals surface area contributed by atoms with Crippen molar-refractivity contribution in [3.63, 3.8) is 0 Å². The number of amides is 3. The van der Waals surface area contributed by atoms with Crippen LogP contribution in [0.2, 0.25) is 0 Å². The van der Waals surface area contributed by atoms with Gasteiger partial charge in [0.2, 0.25) is 11.8 Å². The average molecular weight is 428 g/mol. The molecule has 1 atom stereocenters. The Morgan fingerprint density at radius 2 is 1.97 bits per heavy atom. The average Bonchev–Trinajstić information content (AvgIpc) is 3.34. The van der Waals surface area contributed by atoms with Crippen molar-refractivity contribution in [2.75, 3.05) is 20.2 Å². The number of carbonyl (C=O) groups is 3. The summed E-state index contributed by atoms with van der Waals surface area (Å²) in [5.74, 6) is 0.620. The van der Waals surface area contributed by atoms with E-state index in [9.17, 15) is 14.4 Å². The molecule has 2 N–H and O–H groups in total. The molecule has 31 heavy (non-hydrogen) atoms. The van der Waals surface area contributed by atoms with E-state index >= 15 is 0 Å². The SMILES string of the molecule is CCC(=O)N1CCC([C@H](NC(=O)c2cccc(OC)c2)C(=O)NCc2ccco2)CC1. The van der Waals surface area contributed by atoms with E-state index in [-0.39, 0.29) is 30.2 Å². The Balaban J connectivity index is 1.71. The van der Waals surface area contributed by atoms with E-state index in [1.807, 2.05) is 11.8 Å². The molecule has 1 aliphatic heterocycles. The van der Waals surface area contributed by atoms with E-state index in [0.717, 1.165) is 0 Å². The van der Waals surface area contributed by atoms with Gasteiger partial charge in [0.1, 0.15) is 17.6 Å². The fourth-order valence-corrected chi connectivity index (χ4v) is 3.79. The Bertz CT molecular complexity index is 888. The molecule has 1 aromatic carbocycles. The van der Waals surface area contributed by atoms with Crippen molar-refractivity contribution in [3.05, 3.63) is 54.0 Å². The lowest BCUT2D eigenvalue weighted by atomic mass is 9.88. The second-order valence-corrected chi connectivity index (χ2v) is 7.55. The third-order valence-corrected chi connectivity index (χ3v) is 5.58. The number of ether oxygens (including phenoxy) is 1. The number of furan rings is 1. The zero-order valence-corrected chi connectivity index (χ0v) is 17.9. The van der Waals surface area contributed by atoms with Crippen molar-refractivity contribution in [1.29, 1.82) is 0 Å². The van der Waals surface area contributed by atoms with Crippen LogP contribution in [0.25, 0.3) is 0 Å². The monoisotopic (exact) mass is 427 g/mol. The molecule has 8 nitrogen and oxygen atoms in total. The number of hydrogen-bond acceptors (Lipinski definition) is 5. The summed E-state index contributed by atoms with van der Waals surface area (Å²) in [5.41, 5.74) is 0.418. The van der Waals surface area contributed by atoms with Crippen LogP contribution in [0.15, 0.2) is 47.1 Å². The molecule has 0 aliphatic carbocycles. The minimum Gasteiger partial charge on any atom is -0.497 e. The van der Waals surface area contributed by atoms with Crippen molar-refractivity contribution < 1.29 is 23.5 Å². The van der Waals surface area contributed by atoms with Crippen molar-refractivity contribution in [2.45, 2.75) is 38.8 Å². The lowest BCUT2D eigenvalue weighted by Gasteiger charge is -2.35. The van der Waals surface area contributed by atoms with E-state index in [4.69, 9.17) is 9.15 Å². The number of benzene rings is 1. The predicted molar refractivity (Wildman–Crippen MR) is 114 cm³/mol. The first-order valence-corrected chi connectivity index (χ1v) is 10.5. The van der Waals surface area contributed by atoms with Gasteiger partial charge in [0.05, 0.1) is 19.9 Å². The van der Waals surface area contributed by atoms with Crippen LogP contribution in [0.3, 0.4) is 0 Å². The molecule has 166 valence electrons. The minimum atomic E-state index is -0.715. The minimum absolute atomic E-state index is 0.0768. The quantitative estimate of drug-likeness (QED) is 0.674. The highest BCUT2D eigenvalue weighted by Gasteiger charge is 2.33. The van der Waals surface area contributed by atoms with Crippen LogP contribution in [-0.4, -0.2) is 48.9 Å². The van der Waals surface area contributed by atoms with Gasteiger partial charge in [-0.25, -0.2) is 0 Å². The molecule has 0 saturated carbocycles. The van der Waals surface area contributed by atoms with Gasteiger partial charge in [0, 0.05) is 25.1 Å². The molecular weight excluding hydrogens is 398 g/mol. The summed E-state index contributed by atoms with van der Waals surface area (Å²) in [6.07, 6.45) is 3.29. The molecule has 8 heteroatoms. The van der Waals surface area contributed by atoms with Gasteiger partial charge in [0.25, 0.3) is 5.91 Å². The fourth-order valence-electron chi connectivity index (χ4n) is 3.79. The highest BCUT2D eigenvalue weighted by Crippen LogP contribution is 2.22. The van der Waals surface area contributed by atoms with Gasteiger partial charge in [-0.3, -0.25) is 14.4 Å². The first-order valence-electron chi connectivity index (χ1n) is 10.5. The molecule has 3 amide bonds. The van der Waals surface area contributed by atoms with Crippen molar-refractivity contribution in [3.8, 4) is 5.75 Å². The largest absolute Gasteiger partial charge is 0.497 e. The normalized spacial score (nSPS) is 15.2. The number of nitrogens with one attached hydrogen (secondary N) is 2. The Hall–Kier alpha value is -3.29. The molecule has 1 saturated heterocycles. The first-order chi connectivity index (χ1) is 15.0. The molecule has 2 aromatic rings. The maximum absolute atomic E-state index is 13.0. The summed E-state index contributed by atoms with van der Waals surface area (Å²) < 4.78 is 10.5. The lowest BCUT2D eigenvalue weighted by Crippen LogP contribution is -2.53. The maximum atomic E-state index is 13.0.